The van der Waals surface area contributed by atoms with Crippen molar-refractivity contribution in [2.24, 2.45) is 0 Å². The second-order valence-corrected chi connectivity index (χ2v) is 9.12. The van der Waals surface area contributed by atoms with Gasteiger partial charge >= 0.3 is 0 Å². The quantitative estimate of drug-likeness (QED) is 0.638. The first kappa shape index (κ1) is 19.2. The van der Waals surface area contributed by atoms with Crippen molar-refractivity contribution in [2.75, 3.05) is 4.72 Å². The van der Waals surface area contributed by atoms with E-state index in [1.807, 2.05) is 12.1 Å². The van der Waals surface area contributed by atoms with Crippen LogP contribution in [0.25, 0.3) is 11.4 Å². The maximum atomic E-state index is 12.9. The standard InChI is InChI=1S/C19H18Cl2N4O2S/c20-13-9-10-15(21)17(12-13)28(26,27)24-16-7-4-3-6-14(16)19-23-22-18-8-2-1-5-11-25(18)19/h3-4,6-7,9-10,12,24H,1-2,5,8,11H2. The highest BCUT2D eigenvalue weighted by Gasteiger charge is 2.23. The van der Waals surface area contributed by atoms with E-state index in [4.69, 9.17) is 23.2 Å². The first-order valence-corrected chi connectivity index (χ1v) is 11.2. The molecule has 0 saturated carbocycles. The third kappa shape index (κ3) is 3.74. The number of anilines is 1. The number of fused-ring (bicyclic) bond motifs is 1. The van der Waals surface area contributed by atoms with E-state index in [1.165, 1.54) is 12.1 Å². The monoisotopic (exact) mass is 436 g/mol. The summed E-state index contributed by atoms with van der Waals surface area (Å²) in [6, 6.07) is 11.5. The highest BCUT2D eigenvalue weighted by Crippen LogP contribution is 2.32. The van der Waals surface area contributed by atoms with Gasteiger partial charge in [-0.3, -0.25) is 4.72 Å². The maximum absolute atomic E-state index is 12.9. The second kappa shape index (κ2) is 7.73. The Morgan fingerprint density at radius 2 is 1.82 bits per heavy atom. The predicted octanol–water partition coefficient (Wildman–Crippen LogP) is 4.78. The van der Waals surface area contributed by atoms with Crippen molar-refractivity contribution in [1.29, 1.82) is 0 Å². The van der Waals surface area contributed by atoms with Gasteiger partial charge in [0, 0.05) is 23.6 Å². The fraction of sp³-hybridized carbons (Fsp3) is 0.263. The summed E-state index contributed by atoms with van der Waals surface area (Å²) in [5.41, 5.74) is 1.09. The molecule has 4 rings (SSSR count). The van der Waals surface area contributed by atoms with Gasteiger partial charge in [0.1, 0.15) is 10.7 Å². The van der Waals surface area contributed by atoms with Crippen LogP contribution in [0.3, 0.4) is 0 Å². The van der Waals surface area contributed by atoms with Gasteiger partial charge in [-0.25, -0.2) is 8.42 Å². The Morgan fingerprint density at radius 3 is 2.68 bits per heavy atom. The predicted molar refractivity (Wildman–Crippen MR) is 110 cm³/mol. The van der Waals surface area contributed by atoms with Gasteiger partial charge in [0.25, 0.3) is 10.0 Å². The zero-order chi connectivity index (χ0) is 19.7. The summed E-state index contributed by atoms with van der Waals surface area (Å²) < 4.78 is 30.6. The number of benzene rings is 2. The topological polar surface area (TPSA) is 76.9 Å². The van der Waals surface area contributed by atoms with Crippen LogP contribution in [-0.4, -0.2) is 23.2 Å². The molecule has 1 aliphatic heterocycles. The maximum Gasteiger partial charge on any atom is 0.263 e. The lowest BCUT2D eigenvalue weighted by Gasteiger charge is -2.14. The number of halogens is 2. The van der Waals surface area contributed by atoms with Crippen LogP contribution >= 0.6 is 23.2 Å². The van der Waals surface area contributed by atoms with E-state index in [2.05, 4.69) is 19.5 Å². The SMILES string of the molecule is O=S(=O)(Nc1ccccc1-c1nnc2n1CCCCC2)c1cc(Cl)ccc1Cl. The number of sulfonamides is 1. The highest BCUT2D eigenvalue weighted by molar-refractivity contribution is 7.92. The lowest BCUT2D eigenvalue weighted by molar-refractivity contribution is 0.601. The van der Waals surface area contributed by atoms with Gasteiger partial charge in [0.15, 0.2) is 5.82 Å². The minimum absolute atomic E-state index is 0.0726. The molecule has 6 nitrogen and oxygen atoms in total. The molecule has 0 spiro atoms. The molecule has 1 aromatic heterocycles. The van der Waals surface area contributed by atoms with E-state index in [0.29, 0.717) is 22.1 Å². The van der Waals surface area contributed by atoms with Crippen LogP contribution in [0.5, 0.6) is 0 Å². The third-order valence-electron chi connectivity index (χ3n) is 4.70. The van der Waals surface area contributed by atoms with Gasteiger partial charge in [-0.1, -0.05) is 41.8 Å². The molecule has 2 heterocycles. The first-order valence-electron chi connectivity index (χ1n) is 8.95. The Morgan fingerprint density at radius 1 is 1.00 bits per heavy atom. The molecule has 1 N–H and O–H groups in total. The number of hydrogen-bond acceptors (Lipinski definition) is 4. The van der Waals surface area contributed by atoms with Crippen LogP contribution in [0.1, 0.15) is 25.1 Å². The van der Waals surface area contributed by atoms with Gasteiger partial charge < -0.3 is 4.57 Å². The van der Waals surface area contributed by atoms with Crippen LogP contribution < -0.4 is 4.72 Å². The van der Waals surface area contributed by atoms with Gasteiger partial charge in [-0.2, -0.15) is 0 Å². The summed E-state index contributed by atoms with van der Waals surface area (Å²) in [6.45, 7) is 0.818. The highest BCUT2D eigenvalue weighted by atomic mass is 35.5. The average Bonchev–Trinajstić information content (AvgIpc) is 2.91. The van der Waals surface area contributed by atoms with E-state index in [9.17, 15) is 8.42 Å². The van der Waals surface area contributed by atoms with E-state index >= 15 is 0 Å². The second-order valence-electron chi connectivity index (χ2n) is 6.63. The molecular weight excluding hydrogens is 419 g/mol. The van der Waals surface area contributed by atoms with Crippen molar-refractivity contribution < 1.29 is 8.42 Å². The van der Waals surface area contributed by atoms with Crippen LogP contribution in [0.2, 0.25) is 10.0 Å². The van der Waals surface area contributed by atoms with Crippen LogP contribution in [0.15, 0.2) is 47.4 Å². The Kier molecular flexibility index (Phi) is 5.31. The summed E-state index contributed by atoms with van der Waals surface area (Å²) in [5, 5.41) is 9.04. The van der Waals surface area contributed by atoms with E-state index in [0.717, 1.165) is 38.1 Å². The number of aromatic nitrogens is 3. The third-order valence-corrected chi connectivity index (χ3v) is 6.79. The summed E-state index contributed by atoms with van der Waals surface area (Å²) in [7, 11) is -3.93. The molecule has 0 atom stereocenters. The molecule has 28 heavy (non-hydrogen) atoms. The van der Waals surface area contributed by atoms with Gasteiger partial charge in [-0.05, 0) is 43.2 Å². The van der Waals surface area contributed by atoms with E-state index < -0.39 is 10.0 Å². The summed E-state index contributed by atoms with van der Waals surface area (Å²) in [5.74, 6) is 1.59. The zero-order valence-corrected chi connectivity index (χ0v) is 17.2. The normalized spacial score (nSPS) is 14.4. The van der Waals surface area contributed by atoms with E-state index in [-0.39, 0.29) is 9.92 Å². The molecule has 0 bridgehead atoms. The molecular formula is C19H18Cl2N4O2S. The minimum Gasteiger partial charge on any atom is -0.311 e. The smallest absolute Gasteiger partial charge is 0.263 e. The molecule has 0 unspecified atom stereocenters. The summed E-state index contributed by atoms with van der Waals surface area (Å²) in [6.07, 6.45) is 4.15. The minimum atomic E-state index is -3.93. The molecule has 0 saturated heterocycles. The number of para-hydroxylation sites is 1. The van der Waals surface area contributed by atoms with Gasteiger partial charge in [0.2, 0.25) is 0 Å². The molecule has 0 fully saturated rings. The number of nitrogens with zero attached hydrogens (tertiary/aromatic N) is 3. The van der Waals surface area contributed by atoms with Crippen LogP contribution in [0, 0.1) is 0 Å². The van der Waals surface area contributed by atoms with Crippen molar-refractivity contribution in [1.82, 2.24) is 14.8 Å². The fourth-order valence-electron chi connectivity index (χ4n) is 3.33. The summed E-state index contributed by atoms with van der Waals surface area (Å²) in [4.78, 5) is -0.0726. The van der Waals surface area contributed by atoms with E-state index in [1.54, 1.807) is 18.2 Å². The van der Waals surface area contributed by atoms with Crippen molar-refractivity contribution in [3.8, 4) is 11.4 Å². The van der Waals surface area contributed by atoms with Crippen molar-refractivity contribution in [2.45, 2.75) is 37.1 Å². The number of rotatable bonds is 4. The van der Waals surface area contributed by atoms with Gasteiger partial charge in [-0.15, -0.1) is 10.2 Å². The Labute approximate surface area is 173 Å². The molecule has 0 radical (unpaired) electrons. The molecule has 3 aromatic rings. The molecule has 1 aliphatic rings. The van der Waals surface area contributed by atoms with Crippen molar-refractivity contribution >= 4 is 38.9 Å². The zero-order valence-electron chi connectivity index (χ0n) is 14.9. The largest absolute Gasteiger partial charge is 0.311 e. The number of hydrogen-bond donors (Lipinski definition) is 1. The lowest BCUT2D eigenvalue weighted by Crippen LogP contribution is -2.15. The van der Waals surface area contributed by atoms with Crippen LogP contribution in [0.4, 0.5) is 5.69 Å². The molecule has 0 amide bonds. The molecule has 2 aromatic carbocycles. The number of nitrogens with one attached hydrogen (secondary N) is 1. The lowest BCUT2D eigenvalue weighted by atomic mass is 10.1. The first-order chi connectivity index (χ1) is 13.5. The Balaban J connectivity index is 1.75. The van der Waals surface area contributed by atoms with Gasteiger partial charge in [0.05, 0.1) is 10.7 Å². The van der Waals surface area contributed by atoms with Crippen LogP contribution in [-0.2, 0) is 23.0 Å². The Bertz CT molecular complexity index is 1130. The summed E-state index contributed by atoms with van der Waals surface area (Å²) >= 11 is 12.1. The van der Waals surface area contributed by atoms with Crippen molar-refractivity contribution in [3.63, 3.8) is 0 Å². The van der Waals surface area contributed by atoms with Crippen molar-refractivity contribution in [3.05, 3.63) is 58.3 Å². The molecule has 0 aliphatic carbocycles. The number of aryl methyl sites for hydroxylation is 1. The molecule has 9 heteroatoms. The molecule has 146 valence electrons. The average molecular weight is 437 g/mol. The fourth-order valence-corrected chi connectivity index (χ4v) is 5.18. The Hall–Kier alpha value is -2.09.